The molecular weight excluding hydrogens is 586 g/mol. The molecule has 1 unspecified atom stereocenters. The summed E-state index contributed by atoms with van der Waals surface area (Å²) in [5.74, 6) is -3.42. The van der Waals surface area contributed by atoms with Gasteiger partial charge in [0.1, 0.15) is 18.1 Å². The molecule has 1 aromatic carbocycles. The third kappa shape index (κ3) is 7.34. The Balaban J connectivity index is 1.55. The van der Waals surface area contributed by atoms with Crippen molar-refractivity contribution in [3.05, 3.63) is 48.6 Å². The van der Waals surface area contributed by atoms with Crippen molar-refractivity contribution >= 4 is 35.3 Å². The highest BCUT2D eigenvalue weighted by atomic mass is 16.2. The van der Waals surface area contributed by atoms with Crippen LogP contribution >= 0.6 is 0 Å². The summed E-state index contributed by atoms with van der Waals surface area (Å²) >= 11 is 0. The number of ketones is 2. The first-order valence-corrected chi connectivity index (χ1v) is 16.3. The molecule has 1 heterocycles. The molecule has 0 spiro atoms. The SMILES string of the molecule is C=CCC(NC(=O)[C@@H]1[C@@H]2[C@H](CN1C(=O)[C@@H](NC(=O)N[C@H](C(=O)c1ccccc1)C1CCCCC1)C(C)(C)C)C2(C)C)C(=O)C(N)=O. The van der Waals surface area contributed by atoms with Crippen LogP contribution in [0.2, 0.25) is 0 Å². The molecule has 0 aromatic heterocycles. The first-order chi connectivity index (χ1) is 21.6. The number of likely N-dealkylation sites (tertiary alicyclic amines) is 1. The van der Waals surface area contributed by atoms with Crippen molar-refractivity contribution in [2.45, 2.75) is 97.3 Å². The van der Waals surface area contributed by atoms with E-state index in [-0.39, 0.29) is 35.4 Å². The number of fused-ring (bicyclic) bond motifs is 1. The molecule has 0 bridgehead atoms. The van der Waals surface area contributed by atoms with Gasteiger partial charge in [-0.25, -0.2) is 4.79 Å². The summed E-state index contributed by atoms with van der Waals surface area (Å²) in [6.07, 6.45) is 6.09. The number of nitrogens with zero attached hydrogens (tertiary/aromatic N) is 1. The fourth-order valence-electron chi connectivity index (χ4n) is 7.42. The van der Waals surface area contributed by atoms with E-state index >= 15 is 0 Å². The second kappa shape index (κ2) is 13.8. The Morgan fingerprint density at radius 2 is 1.63 bits per heavy atom. The van der Waals surface area contributed by atoms with Crippen molar-refractivity contribution in [3.63, 3.8) is 0 Å². The lowest BCUT2D eigenvalue weighted by molar-refractivity contribution is -0.145. The van der Waals surface area contributed by atoms with E-state index in [2.05, 4.69) is 22.5 Å². The van der Waals surface area contributed by atoms with Gasteiger partial charge in [-0.15, -0.1) is 6.58 Å². The molecule has 4 rings (SSSR count). The van der Waals surface area contributed by atoms with E-state index in [0.717, 1.165) is 32.1 Å². The van der Waals surface area contributed by atoms with Crippen molar-refractivity contribution in [2.75, 3.05) is 6.54 Å². The molecule has 2 aliphatic carbocycles. The fraction of sp³-hybridized carbons (Fsp3) is 0.600. The van der Waals surface area contributed by atoms with Crippen LogP contribution in [-0.4, -0.2) is 70.9 Å². The van der Waals surface area contributed by atoms with Crippen LogP contribution in [0.15, 0.2) is 43.0 Å². The van der Waals surface area contributed by atoms with Gasteiger partial charge in [-0.1, -0.05) is 90.3 Å². The second-order valence-electron chi connectivity index (χ2n) is 14.7. The van der Waals surface area contributed by atoms with Crippen LogP contribution in [0.4, 0.5) is 4.79 Å². The molecule has 5 N–H and O–H groups in total. The van der Waals surface area contributed by atoms with Crippen LogP contribution in [0.5, 0.6) is 0 Å². The zero-order chi connectivity index (χ0) is 34.0. The Labute approximate surface area is 271 Å². The van der Waals surface area contributed by atoms with Crippen molar-refractivity contribution in [1.29, 1.82) is 0 Å². The molecule has 46 heavy (non-hydrogen) atoms. The number of amides is 5. The summed E-state index contributed by atoms with van der Waals surface area (Å²) in [5.41, 5.74) is 4.76. The number of carbonyl (C=O) groups is 6. The minimum absolute atomic E-state index is 0.00186. The molecule has 2 saturated carbocycles. The molecular formula is C35H49N5O6. The molecule has 0 radical (unpaired) electrons. The van der Waals surface area contributed by atoms with Crippen LogP contribution in [0, 0.1) is 28.6 Å². The van der Waals surface area contributed by atoms with E-state index in [4.69, 9.17) is 5.73 Å². The lowest BCUT2D eigenvalue weighted by Gasteiger charge is -2.38. The standard InChI is InChI=1S/C35H49N5O6/c1-7-14-23(28(42)30(36)43)37-31(44)26-24-22(35(24,5)6)19-40(26)32(45)29(34(2,3)4)39-33(46)38-25(20-15-10-8-11-16-20)27(41)21-17-12-9-13-18-21/h7,9,12-13,17-18,20,22-26,29H,1,8,10-11,14-16,19H2,2-6H3,(H2,36,43)(H,37,44)(H2,38,39,46)/t22-,23?,24-,25-,26-,29+/m0/s1. The Hall–Kier alpha value is -4.02. The number of nitrogens with one attached hydrogen (secondary N) is 3. The number of benzene rings is 1. The normalized spacial score (nSPS) is 24.0. The highest BCUT2D eigenvalue weighted by Gasteiger charge is 2.70. The molecule has 3 aliphatic rings. The van der Waals surface area contributed by atoms with Gasteiger partial charge in [0.05, 0.1) is 6.04 Å². The van der Waals surface area contributed by atoms with E-state index in [0.29, 0.717) is 12.1 Å². The number of nitrogens with two attached hydrogens (primary N) is 1. The van der Waals surface area contributed by atoms with Gasteiger partial charge >= 0.3 is 6.03 Å². The van der Waals surface area contributed by atoms with Crippen molar-refractivity contribution < 1.29 is 28.8 Å². The van der Waals surface area contributed by atoms with Gasteiger partial charge < -0.3 is 26.6 Å². The van der Waals surface area contributed by atoms with Crippen molar-refractivity contribution in [2.24, 2.45) is 34.3 Å². The summed E-state index contributed by atoms with van der Waals surface area (Å²) in [6, 6.07) is 4.37. The topological polar surface area (TPSA) is 168 Å². The summed E-state index contributed by atoms with van der Waals surface area (Å²) in [6.45, 7) is 13.4. The molecule has 250 valence electrons. The number of Topliss-reactive ketones (excluding diaryl/α,β-unsaturated/α-hetero) is 2. The zero-order valence-electron chi connectivity index (χ0n) is 27.6. The quantitative estimate of drug-likeness (QED) is 0.156. The molecule has 3 fully saturated rings. The molecule has 1 aliphatic heterocycles. The lowest BCUT2D eigenvalue weighted by Crippen LogP contribution is -2.62. The van der Waals surface area contributed by atoms with Gasteiger partial charge in [0, 0.05) is 12.1 Å². The van der Waals surface area contributed by atoms with Gasteiger partial charge in [0.25, 0.3) is 5.91 Å². The van der Waals surface area contributed by atoms with E-state index in [9.17, 15) is 28.8 Å². The molecule has 5 amide bonds. The van der Waals surface area contributed by atoms with Crippen LogP contribution < -0.4 is 21.7 Å². The fourth-order valence-corrected chi connectivity index (χ4v) is 7.42. The van der Waals surface area contributed by atoms with Crippen LogP contribution in [-0.2, 0) is 19.2 Å². The molecule has 11 nitrogen and oxygen atoms in total. The largest absolute Gasteiger partial charge is 0.363 e. The molecule has 1 saturated heterocycles. The Morgan fingerprint density at radius 3 is 2.20 bits per heavy atom. The number of carbonyl (C=O) groups excluding carboxylic acids is 6. The highest BCUT2D eigenvalue weighted by molar-refractivity contribution is 6.37. The molecule has 11 heteroatoms. The molecule has 6 atom stereocenters. The predicted octanol–water partition coefficient (Wildman–Crippen LogP) is 3.13. The number of piperidine rings is 1. The predicted molar refractivity (Wildman–Crippen MR) is 173 cm³/mol. The van der Waals surface area contributed by atoms with E-state index in [1.54, 1.807) is 24.3 Å². The number of primary amides is 1. The summed E-state index contributed by atoms with van der Waals surface area (Å²) in [7, 11) is 0. The van der Waals surface area contributed by atoms with Crippen molar-refractivity contribution in [3.8, 4) is 0 Å². The monoisotopic (exact) mass is 635 g/mol. The minimum atomic E-state index is -1.19. The van der Waals surface area contributed by atoms with Crippen LogP contribution in [0.3, 0.4) is 0 Å². The van der Waals surface area contributed by atoms with Gasteiger partial charge in [-0.2, -0.15) is 0 Å². The summed E-state index contributed by atoms with van der Waals surface area (Å²) in [4.78, 5) is 80.8. The Kier molecular flexibility index (Phi) is 10.4. The minimum Gasteiger partial charge on any atom is -0.363 e. The Morgan fingerprint density at radius 1 is 1.00 bits per heavy atom. The zero-order valence-corrected chi connectivity index (χ0v) is 27.6. The van der Waals surface area contributed by atoms with Crippen molar-refractivity contribution in [1.82, 2.24) is 20.9 Å². The van der Waals surface area contributed by atoms with Gasteiger partial charge in [-0.05, 0) is 47.8 Å². The average molecular weight is 636 g/mol. The Bertz CT molecular complexity index is 1360. The number of urea groups is 1. The first-order valence-electron chi connectivity index (χ1n) is 16.3. The second-order valence-corrected chi connectivity index (χ2v) is 14.7. The third-order valence-corrected chi connectivity index (χ3v) is 10.2. The van der Waals surface area contributed by atoms with E-state index in [1.807, 2.05) is 40.7 Å². The number of rotatable bonds is 12. The van der Waals surface area contributed by atoms with Gasteiger partial charge in [0.15, 0.2) is 5.78 Å². The molecule has 1 aromatic rings. The van der Waals surface area contributed by atoms with E-state index < -0.39 is 59.1 Å². The number of hydrogen-bond acceptors (Lipinski definition) is 6. The van der Waals surface area contributed by atoms with Gasteiger partial charge in [0.2, 0.25) is 17.6 Å². The first kappa shape index (κ1) is 34.8. The summed E-state index contributed by atoms with van der Waals surface area (Å²) in [5, 5.41) is 8.42. The number of hydrogen-bond donors (Lipinski definition) is 4. The lowest BCUT2D eigenvalue weighted by atomic mass is 9.81. The maximum absolute atomic E-state index is 14.3. The van der Waals surface area contributed by atoms with Gasteiger partial charge in [-0.3, -0.25) is 24.0 Å². The maximum Gasteiger partial charge on any atom is 0.316 e. The van der Waals surface area contributed by atoms with E-state index in [1.165, 1.54) is 11.0 Å². The third-order valence-electron chi connectivity index (χ3n) is 10.2. The highest BCUT2D eigenvalue weighted by Crippen LogP contribution is 2.65. The smallest absolute Gasteiger partial charge is 0.316 e. The average Bonchev–Trinajstić information content (AvgIpc) is 3.33. The van der Waals surface area contributed by atoms with Crippen LogP contribution in [0.25, 0.3) is 0 Å². The van der Waals surface area contributed by atoms with Crippen LogP contribution in [0.1, 0.15) is 83.5 Å². The maximum atomic E-state index is 14.3. The summed E-state index contributed by atoms with van der Waals surface area (Å²) < 4.78 is 0.